The highest BCUT2D eigenvalue weighted by Gasteiger charge is 2.25. The van der Waals surface area contributed by atoms with Crippen molar-refractivity contribution in [3.05, 3.63) is 53.3 Å². The Labute approximate surface area is 144 Å². The molecule has 3 aromatic rings. The molecule has 1 N–H and O–H groups in total. The van der Waals surface area contributed by atoms with Gasteiger partial charge in [0.2, 0.25) is 0 Å². The van der Waals surface area contributed by atoms with Crippen LogP contribution in [0.2, 0.25) is 0 Å². The van der Waals surface area contributed by atoms with Crippen LogP contribution in [-0.4, -0.2) is 40.0 Å². The Balaban J connectivity index is 1.30. The molecule has 24 heavy (non-hydrogen) atoms. The number of likely N-dealkylation sites (tertiary alicyclic amines) is 1. The van der Waals surface area contributed by atoms with Gasteiger partial charge < -0.3 is 14.6 Å². The topological polar surface area (TPSA) is 58.2 Å². The minimum atomic E-state index is 0.0848. The summed E-state index contributed by atoms with van der Waals surface area (Å²) in [5, 5.41) is 2.03. The molecule has 0 spiro atoms. The Hall–Kier alpha value is -2.18. The van der Waals surface area contributed by atoms with E-state index in [2.05, 4.69) is 9.97 Å². The van der Waals surface area contributed by atoms with E-state index in [-0.39, 0.29) is 12.0 Å². The normalized spacial score (nSPS) is 15.9. The summed E-state index contributed by atoms with van der Waals surface area (Å²) in [6, 6.07) is 9.79. The second-order valence-electron chi connectivity index (χ2n) is 6.01. The molecule has 1 aliphatic heterocycles. The number of hydrogen-bond acceptors (Lipinski definition) is 4. The van der Waals surface area contributed by atoms with Crippen LogP contribution >= 0.6 is 11.3 Å². The number of nitrogens with one attached hydrogen (secondary N) is 1. The third-order valence-electron chi connectivity index (χ3n) is 4.39. The van der Waals surface area contributed by atoms with E-state index in [4.69, 9.17) is 4.74 Å². The summed E-state index contributed by atoms with van der Waals surface area (Å²) < 4.78 is 7.06. The fourth-order valence-corrected chi connectivity index (χ4v) is 3.83. The van der Waals surface area contributed by atoms with E-state index >= 15 is 0 Å². The highest BCUT2D eigenvalue weighted by Crippen LogP contribution is 2.23. The van der Waals surface area contributed by atoms with E-state index in [0.717, 1.165) is 41.8 Å². The van der Waals surface area contributed by atoms with E-state index in [1.54, 1.807) is 17.5 Å². The minimum absolute atomic E-state index is 0.0848. The molecule has 0 saturated carbocycles. The van der Waals surface area contributed by atoms with Crippen molar-refractivity contribution < 1.29 is 9.53 Å². The van der Waals surface area contributed by atoms with E-state index in [1.165, 1.54) is 0 Å². The fourth-order valence-electron chi connectivity index (χ4n) is 3.05. The highest BCUT2D eigenvalue weighted by molar-refractivity contribution is 7.17. The van der Waals surface area contributed by atoms with Crippen LogP contribution in [0, 0.1) is 0 Å². The molecule has 0 bridgehead atoms. The van der Waals surface area contributed by atoms with Gasteiger partial charge in [-0.15, -0.1) is 11.3 Å². The summed E-state index contributed by atoms with van der Waals surface area (Å²) in [6.07, 6.45) is 3.71. The Morgan fingerprint density at radius 2 is 2.21 bits per heavy atom. The molecule has 4 rings (SSSR count). The Morgan fingerprint density at radius 3 is 2.96 bits per heavy atom. The summed E-state index contributed by atoms with van der Waals surface area (Å²) in [5.74, 6) is 0.0848. The van der Waals surface area contributed by atoms with Crippen LogP contribution in [0.15, 0.2) is 41.9 Å². The minimum Gasteiger partial charge on any atom is -0.372 e. The summed E-state index contributed by atoms with van der Waals surface area (Å²) >= 11 is 1.65. The smallest absolute Gasteiger partial charge is 0.270 e. The van der Waals surface area contributed by atoms with Crippen molar-refractivity contribution in [3.8, 4) is 0 Å². The van der Waals surface area contributed by atoms with Crippen molar-refractivity contribution >= 4 is 27.5 Å². The van der Waals surface area contributed by atoms with Gasteiger partial charge in [0, 0.05) is 19.3 Å². The van der Waals surface area contributed by atoms with Crippen LogP contribution in [0.1, 0.15) is 29.0 Å². The van der Waals surface area contributed by atoms with E-state index in [9.17, 15) is 4.79 Å². The number of pyridine rings is 1. The van der Waals surface area contributed by atoms with Crippen LogP contribution in [0.3, 0.4) is 0 Å². The molecule has 124 valence electrons. The largest absolute Gasteiger partial charge is 0.372 e. The zero-order valence-electron chi connectivity index (χ0n) is 13.3. The summed E-state index contributed by atoms with van der Waals surface area (Å²) in [4.78, 5) is 22.0. The summed E-state index contributed by atoms with van der Waals surface area (Å²) in [6.45, 7) is 2.00. The maximum Gasteiger partial charge on any atom is 0.270 e. The van der Waals surface area contributed by atoms with Gasteiger partial charge >= 0.3 is 0 Å². The van der Waals surface area contributed by atoms with Crippen LogP contribution in [0.25, 0.3) is 10.2 Å². The molecular formula is C18H19N3O2S. The molecule has 1 aliphatic rings. The first kappa shape index (κ1) is 15.4. The monoisotopic (exact) mass is 341 g/mol. The van der Waals surface area contributed by atoms with Gasteiger partial charge in [-0.25, -0.2) is 0 Å². The van der Waals surface area contributed by atoms with Crippen LogP contribution in [0.5, 0.6) is 0 Å². The van der Waals surface area contributed by atoms with Crippen molar-refractivity contribution in [2.75, 3.05) is 13.1 Å². The standard InChI is InChI=1S/C18H19N3O2S/c22-18(16-11-17-15(20-16)6-10-24-17)21-8-4-14(5-9-21)23-12-13-3-1-2-7-19-13/h1-3,6-7,10-11,14,20H,4-5,8-9,12H2. The quantitative estimate of drug-likeness (QED) is 0.791. The number of aromatic nitrogens is 2. The van der Waals surface area contributed by atoms with Gasteiger partial charge in [-0.1, -0.05) is 6.07 Å². The lowest BCUT2D eigenvalue weighted by molar-refractivity contribution is -0.00171. The maximum atomic E-state index is 12.6. The molecule has 0 unspecified atom stereocenters. The summed E-state index contributed by atoms with van der Waals surface area (Å²) in [7, 11) is 0. The molecule has 0 aliphatic carbocycles. The number of aromatic amines is 1. The molecule has 0 radical (unpaired) electrons. The molecular weight excluding hydrogens is 322 g/mol. The number of amides is 1. The van der Waals surface area contributed by atoms with Crippen molar-refractivity contribution in [1.29, 1.82) is 0 Å². The zero-order valence-corrected chi connectivity index (χ0v) is 14.1. The third kappa shape index (κ3) is 3.20. The van der Waals surface area contributed by atoms with E-state index in [0.29, 0.717) is 12.3 Å². The van der Waals surface area contributed by atoms with Gasteiger partial charge in [-0.05, 0) is 42.5 Å². The van der Waals surface area contributed by atoms with Gasteiger partial charge in [0.1, 0.15) is 5.69 Å². The molecule has 1 fully saturated rings. The number of hydrogen-bond donors (Lipinski definition) is 1. The Kier molecular flexibility index (Phi) is 4.32. The van der Waals surface area contributed by atoms with Crippen molar-refractivity contribution in [1.82, 2.24) is 14.9 Å². The molecule has 6 heteroatoms. The lowest BCUT2D eigenvalue weighted by Gasteiger charge is -2.31. The predicted octanol–water partition coefficient (Wildman–Crippen LogP) is 3.45. The van der Waals surface area contributed by atoms with Crippen molar-refractivity contribution in [3.63, 3.8) is 0 Å². The van der Waals surface area contributed by atoms with Crippen molar-refractivity contribution in [2.24, 2.45) is 0 Å². The Morgan fingerprint density at radius 1 is 1.33 bits per heavy atom. The first-order valence-corrected chi connectivity index (χ1v) is 9.04. The number of H-pyrrole nitrogens is 1. The Bertz CT molecular complexity index is 791. The molecule has 0 atom stereocenters. The molecule has 1 saturated heterocycles. The van der Waals surface area contributed by atoms with Crippen LogP contribution in [0.4, 0.5) is 0 Å². The van der Waals surface area contributed by atoms with Gasteiger partial charge in [0.25, 0.3) is 5.91 Å². The number of piperidine rings is 1. The first-order valence-electron chi connectivity index (χ1n) is 8.16. The van der Waals surface area contributed by atoms with E-state index in [1.807, 2.05) is 40.6 Å². The van der Waals surface area contributed by atoms with E-state index < -0.39 is 0 Å². The van der Waals surface area contributed by atoms with Crippen LogP contribution < -0.4 is 0 Å². The molecule has 1 amide bonds. The predicted molar refractivity (Wildman–Crippen MR) is 94.1 cm³/mol. The lowest BCUT2D eigenvalue weighted by atomic mass is 10.1. The third-order valence-corrected chi connectivity index (χ3v) is 5.26. The van der Waals surface area contributed by atoms with Gasteiger partial charge in [-0.3, -0.25) is 9.78 Å². The number of thiophene rings is 1. The zero-order chi connectivity index (χ0) is 16.4. The second-order valence-corrected chi connectivity index (χ2v) is 6.95. The number of fused-ring (bicyclic) bond motifs is 1. The summed E-state index contributed by atoms with van der Waals surface area (Å²) in [5.41, 5.74) is 2.67. The lowest BCUT2D eigenvalue weighted by Crippen LogP contribution is -2.41. The maximum absolute atomic E-state index is 12.6. The molecule has 4 heterocycles. The van der Waals surface area contributed by atoms with Gasteiger partial charge in [0.05, 0.1) is 28.6 Å². The van der Waals surface area contributed by atoms with Crippen LogP contribution in [-0.2, 0) is 11.3 Å². The molecule has 0 aromatic carbocycles. The number of carbonyl (C=O) groups excluding carboxylic acids is 1. The average molecular weight is 341 g/mol. The number of carbonyl (C=O) groups is 1. The van der Waals surface area contributed by atoms with Gasteiger partial charge in [-0.2, -0.15) is 0 Å². The van der Waals surface area contributed by atoms with Gasteiger partial charge in [0.15, 0.2) is 0 Å². The highest BCUT2D eigenvalue weighted by atomic mass is 32.1. The first-order chi connectivity index (χ1) is 11.8. The number of nitrogens with zero attached hydrogens (tertiary/aromatic N) is 2. The SMILES string of the molecule is O=C(c1cc2sccc2[nH]1)N1CCC(OCc2ccccn2)CC1. The molecule has 3 aromatic heterocycles. The second kappa shape index (κ2) is 6.75. The molecule has 5 nitrogen and oxygen atoms in total. The van der Waals surface area contributed by atoms with Crippen molar-refractivity contribution in [2.45, 2.75) is 25.6 Å². The average Bonchev–Trinajstić information content (AvgIpc) is 3.23. The fraction of sp³-hybridized carbons (Fsp3) is 0.333. The number of rotatable bonds is 4. The number of ether oxygens (including phenoxy) is 1.